The van der Waals surface area contributed by atoms with Crippen LogP contribution in [0.2, 0.25) is 0 Å². The van der Waals surface area contributed by atoms with Gasteiger partial charge in [-0.2, -0.15) is 5.26 Å². The Bertz CT molecular complexity index is 470. The molecule has 0 spiro atoms. The van der Waals surface area contributed by atoms with Crippen molar-refractivity contribution in [2.45, 2.75) is 45.6 Å². The summed E-state index contributed by atoms with van der Waals surface area (Å²) in [6.45, 7) is 3.73. The summed E-state index contributed by atoms with van der Waals surface area (Å²) in [5.74, 6) is 1.40. The number of hydrogen-bond donors (Lipinski definition) is 1. The Kier molecular flexibility index (Phi) is 5.55. The molecule has 0 aliphatic heterocycles. The third kappa shape index (κ3) is 4.05. The largest absolute Gasteiger partial charge is 0.312 e. The van der Waals surface area contributed by atoms with Gasteiger partial charge in [-0.1, -0.05) is 26.2 Å². The second-order valence-electron chi connectivity index (χ2n) is 5.84. The molecule has 1 saturated carbocycles. The smallest absolute Gasteiger partial charge is 0.127 e. The molecule has 108 valence electrons. The Labute approximate surface area is 121 Å². The van der Waals surface area contributed by atoms with Gasteiger partial charge in [0.05, 0.1) is 11.6 Å². The maximum absolute atomic E-state index is 13.6. The highest BCUT2D eigenvalue weighted by Crippen LogP contribution is 2.30. The van der Waals surface area contributed by atoms with Crippen LogP contribution in [-0.4, -0.2) is 6.54 Å². The van der Waals surface area contributed by atoms with Crippen molar-refractivity contribution in [3.8, 4) is 6.07 Å². The lowest BCUT2D eigenvalue weighted by atomic mass is 9.81. The van der Waals surface area contributed by atoms with E-state index in [9.17, 15) is 4.39 Å². The second kappa shape index (κ2) is 7.40. The number of halogens is 1. The Morgan fingerprint density at radius 1 is 1.25 bits per heavy atom. The van der Waals surface area contributed by atoms with E-state index in [0.29, 0.717) is 17.7 Å². The van der Waals surface area contributed by atoms with Gasteiger partial charge in [-0.3, -0.25) is 0 Å². The minimum Gasteiger partial charge on any atom is -0.312 e. The van der Waals surface area contributed by atoms with Crippen LogP contribution in [0, 0.1) is 29.0 Å². The van der Waals surface area contributed by atoms with E-state index in [-0.39, 0.29) is 5.82 Å². The molecule has 0 radical (unpaired) electrons. The number of nitrogens with zero attached hydrogens (tertiary/aromatic N) is 1. The summed E-state index contributed by atoms with van der Waals surface area (Å²) in [5.41, 5.74) is 1.11. The average molecular weight is 274 g/mol. The number of hydrogen-bond acceptors (Lipinski definition) is 2. The Morgan fingerprint density at radius 3 is 2.60 bits per heavy atom. The quantitative estimate of drug-likeness (QED) is 0.880. The van der Waals surface area contributed by atoms with Crippen LogP contribution >= 0.6 is 0 Å². The standard InChI is InChI=1S/C17H23FN2/c1-2-13-3-5-14(6-4-13)11-20-12-16-9-15(10-19)7-8-17(16)18/h7-9,13-14,20H,2-6,11-12H2,1H3. The van der Waals surface area contributed by atoms with E-state index in [1.165, 1.54) is 44.2 Å². The third-order valence-corrected chi connectivity index (χ3v) is 4.47. The zero-order valence-electron chi connectivity index (χ0n) is 12.2. The zero-order valence-corrected chi connectivity index (χ0v) is 12.2. The predicted octanol–water partition coefficient (Wildman–Crippen LogP) is 4.00. The van der Waals surface area contributed by atoms with Crippen LogP contribution in [0.25, 0.3) is 0 Å². The molecule has 1 aromatic carbocycles. The van der Waals surface area contributed by atoms with Gasteiger partial charge in [-0.15, -0.1) is 0 Å². The molecule has 1 aliphatic rings. The van der Waals surface area contributed by atoms with E-state index in [0.717, 1.165) is 18.4 Å². The first kappa shape index (κ1) is 15.0. The third-order valence-electron chi connectivity index (χ3n) is 4.47. The van der Waals surface area contributed by atoms with E-state index in [4.69, 9.17) is 5.26 Å². The summed E-state index contributed by atoms with van der Waals surface area (Å²) in [4.78, 5) is 0. The monoisotopic (exact) mass is 274 g/mol. The molecule has 0 unspecified atom stereocenters. The van der Waals surface area contributed by atoms with Gasteiger partial charge in [-0.25, -0.2) is 4.39 Å². The van der Waals surface area contributed by atoms with Gasteiger partial charge in [0, 0.05) is 12.1 Å². The van der Waals surface area contributed by atoms with E-state index >= 15 is 0 Å². The lowest BCUT2D eigenvalue weighted by Crippen LogP contribution is -2.26. The molecule has 2 nitrogen and oxygen atoms in total. The molecule has 3 heteroatoms. The molecule has 1 N–H and O–H groups in total. The highest BCUT2D eigenvalue weighted by atomic mass is 19.1. The van der Waals surface area contributed by atoms with Crippen molar-refractivity contribution < 1.29 is 4.39 Å². The average Bonchev–Trinajstić information content (AvgIpc) is 2.50. The number of nitriles is 1. The SMILES string of the molecule is CCC1CCC(CNCc2cc(C#N)ccc2F)CC1. The lowest BCUT2D eigenvalue weighted by Gasteiger charge is -2.28. The molecule has 20 heavy (non-hydrogen) atoms. The fraction of sp³-hybridized carbons (Fsp3) is 0.588. The molecule has 0 bridgehead atoms. The van der Waals surface area contributed by atoms with Crippen molar-refractivity contribution in [3.05, 3.63) is 35.1 Å². The maximum atomic E-state index is 13.6. The van der Waals surface area contributed by atoms with Gasteiger partial charge in [0.1, 0.15) is 5.82 Å². The van der Waals surface area contributed by atoms with Crippen LogP contribution < -0.4 is 5.32 Å². The summed E-state index contributed by atoms with van der Waals surface area (Å²) in [6.07, 6.45) is 6.53. The first-order valence-electron chi connectivity index (χ1n) is 7.62. The van der Waals surface area contributed by atoms with Gasteiger partial charge in [0.2, 0.25) is 0 Å². The highest BCUT2D eigenvalue weighted by Gasteiger charge is 2.19. The summed E-state index contributed by atoms with van der Waals surface area (Å²) in [5, 5.41) is 12.2. The van der Waals surface area contributed by atoms with E-state index in [1.54, 1.807) is 6.07 Å². The number of benzene rings is 1. The molecule has 0 amide bonds. The van der Waals surface area contributed by atoms with E-state index in [1.807, 2.05) is 0 Å². The molecule has 1 aliphatic carbocycles. The zero-order chi connectivity index (χ0) is 14.4. The maximum Gasteiger partial charge on any atom is 0.127 e. The molecule has 0 atom stereocenters. The van der Waals surface area contributed by atoms with Crippen molar-refractivity contribution in [1.29, 1.82) is 5.26 Å². The van der Waals surface area contributed by atoms with Gasteiger partial charge in [-0.05, 0) is 49.4 Å². The number of rotatable bonds is 5. The van der Waals surface area contributed by atoms with Gasteiger partial charge >= 0.3 is 0 Å². The Hall–Kier alpha value is -1.40. The van der Waals surface area contributed by atoms with Crippen molar-refractivity contribution in [3.63, 3.8) is 0 Å². The first-order valence-corrected chi connectivity index (χ1v) is 7.62. The van der Waals surface area contributed by atoms with E-state index in [2.05, 4.69) is 18.3 Å². The lowest BCUT2D eigenvalue weighted by molar-refractivity contribution is 0.262. The summed E-state index contributed by atoms with van der Waals surface area (Å²) in [6, 6.07) is 6.58. The molecule has 1 fully saturated rings. The molecular weight excluding hydrogens is 251 g/mol. The summed E-state index contributed by atoms with van der Waals surface area (Å²) in [7, 11) is 0. The topological polar surface area (TPSA) is 35.8 Å². The van der Waals surface area contributed by atoms with E-state index < -0.39 is 0 Å². The van der Waals surface area contributed by atoms with Crippen LogP contribution in [0.1, 0.15) is 50.2 Å². The molecule has 0 aromatic heterocycles. The Morgan fingerprint density at radius 2 is 1.95 bits per heavy atom. The van der Waals surface area contributed by atoms with Crippen LogP contribution in [0.3, 0.4) is 0 Å². The van der Waals surface area contributed by atoms with Crippen molar-refractivity contribution in [1.82, 2.24) is 5.32 Å². The second-order valence-corrected chi connectivity index (χ2v) is 5.84. The van der Waals surface area contributed by atoms with Crippen LogP contribution in [0.15, 0.2) is 18.2 Å². The molecule has 2 rings (SSSR count). The molecule has 1 aromatic rings. The van der Waals surface area contributed by atoms with Crippen molar-refractivity contribution >= 4 is 0 Å². The van der Waals surface area contributed by atoms with Crippen molar-refractivity contribution in [2.75, 3.05) is 6.54 Å². The van der Waals surface area contributed by atoms with Crippen LogP contribution in [0.5, 0.6) is 0 Å². The molecule has 0 heterocycles. The number of nitrogens with one attached hydrogen (secondary N) is 1. The van der Waals surface area contributed by atoms with Crippen LogP contribution in [0.4, 0.5) is 4.39 Å². The minimum absolute atomic E-state index is 0.230. The molecule has 0 saturated heterocycles. The normalized spacial score (nSPS) is 22.4. The van der Waals surface area contributed by atoms with Crippen LogP contribution in [-0.2, 0) is 6.54 Å². The van der Waals surface area contributed by atoms with Gasteiger partial charge in [0.15, 0.2) is 0 Å². The fourth-order valence-corrected chi connectivity index (χ4v) is 3.03. The van der Waals surface area contributed by atoms with Crippen molar-refractivity contribution in [2.24, 2.45) is 11.8 Å². The molecular formula is C17H23FN2. The predicted molar refractivity (Wildman–Crippen MR) is 78.6 cm³/mol. The first-order chi connectivity index (χ1) is 9.72. The minimum atomic E-state index is -0.230. The van der Waals surface area contributed by atoms with Gasteiger partial charge < -0.3 is 5.32 Å². The summed E-state index contributed by atoms with van der Waals surface area (Å²) < 4.78 is 13.6. The summed E-state index contributed by atoms with van der Waals surface area (Å²) >= 11 is 0. The fourth-order valence-electron chi connectivity index (χ4n) is 3.03. The Balaban J connectivity index is 1.78. The highest BCUT2D eigenvalue weighted by molar-refractivity contribution is 5.33. The van der Waals surface area contributed by atoms with Gasteiger partial charge in [0.25, 0.3) is 0 Å².